The highest BCUT2D eigenvalue weighted by Crippen LogP contribution is 2.37. The Morgan fingerprint density at radius 1 is 1.13 bits per heavy atom. The van der Waals surface area contributed by atoms with Gasteiger partial charge in [0.25, 0.3) is 0 Å². The molecule has 1 atom stereocenters. The molecule has 0 fully saturated rings. The third-order valence-corrected chi connectivity index (χ3v) is 7.40. The zero-order valence-corrected chi connectivity index (χ0v) is 23.8. The quantitative estimate of drug-likeness (QED) is 0.336. The van der Waals surface area contributed by atoms with Crippen molar-refractivity contribution in [3.8, 4) is 5.75 Å². The van der Waals surface area contributed by atoms with Crippen LogP contribution in [0, 0.1) is 0 Å². The first-order chi connectivity index (χ1) is 18.2. The Morgan fingerprint density at radius 2 is 1.82 bits per heavy atom. The van der Waals surface area contributed by atoms with Gasteiger partial charge in [0.05, 0.1) is 29.6 Å². The number of carbonyl (C=O) groups excluding carboxylic acids is 2. The number of benzene rings is 2. The lowest BCUT2D eigenvalue weighted by molar-refractivity contribution is -0.140. The zero-order valence-electron chi connectivity index (χ0n) is 22.2. The normalized spacial score (nSPS) is 12.5. The molecule has 8 nitrogen and oxygen atoms in total. The van der Waals surface area contributed by atoms with Crippen LogP contribution >= 0.6 is 11.6 Å². The highest BCUT2D eigenvalue weighted by Gasteiger charge is 2.36. The number of alkyl halides is 3. The van der Waals surface area contributed by atoms with Crippen LogP contribution in [0.25, 0.3) is 0 Å². The average Bonchev–Trinajstić information content (AvgIpc) is 2.86. The fourth-order valence-corrected chi connectivity index (χ4v) is 4.96. The Kier molecular flexibility index (Phi) is 11.5. The van der Waals surface area contributed by atoms with Gasteiger partial charge < -0.3 is 15.0 Å². The van der Waals surface area contributed by atoms with Gasteiger partial charge in [0.1, 0.15) is 18.3 Å². The van der Waals surface area contributed by atoms with Crippen LogP contribution in [-0.4, -0.2) is 57.6 Å². The van der Waals surface area contributed by atoms with E-state index in [1.54, 1.807) is 31.2 Å². The number of hydrogen-bond donors (Lipinski definition) is 1. The molecule has 2 amide bonds. The summed E-state index contributed by atoms with van der Waals surface area (Å²) in [7, 11) is -2.75. The highest BCUT2D eigenvalue weighted by atomic mass is 35.5. The average molecular weight is 592 g/mol. The number of rotatable bonds is 13. The van der Waals surface area contributed by atoms with Crippen molar-refractivity contribution in [3.05, 3.63) is 58.6 Å². The molecule has 1 N–H and O–H groups in total. The molecular formula is C26H33ClF3N3O5S. The second kappa shape index (κ2) is 13.9. The number of nitrogens with one attached hydrogen (secondary N) is 1. The first-order valence-corrected chi connectivity index (χ1v) is 14.5. The van der Waals surface area contributed by atoms with Gasteiger partial charge in [-0.15, -0.1) is 0 Å². The molecule has 0 spiro atoms. The van der Waals surface area contributed by atoms with Gasteiger partial charge in [0.2, 0.25) is 21.8 Å². The highest BCUT2D eigenvalue weighted by molar-refractivity contribution is 7.92. The summed E-state index contributed by atoms with van der Waals surface area (Å²) in [5.41, 5.74) is -1.01. The SMILES string of the molecule is CCCCNC(=O)C(CC)N(Cc1cccc(OC)c1)C(=O)CN(c1ccc(Cl)c(C(F)(F)F)c1)S(C)(=O)=O. The molecule has 0 aliphatic rings. The zero-order chi connectivity index (χ0) is 29.4. The van der Waals surface area contributed by atoms with Crippen molar-refractivity contribution in [2.45, 2.75) is 51.9 Å². The molecule has 0 saturated carbocycles. The van der Waals surface area contributed by atoms with Crippen molar-refractivity contribution in [1.29, 1.82) is 0 Å². The molecule has 39 heavy (non-hydrogen) atoms. The lowest BCUT2D eigenvalue weighted by atomic mass is 10.1. The summed E-state index contributed by atoms with van der Waals surface area (Å²) in [4.78, 5) is 28.0. The number of carbonyl (C=O) groups is 2. The number of anilines is 1. The van der Waals surface area contributed by atoms with Crippen LogP contribution in [0.2, 0.25) is 5.02 Å². The standard InChI is InChI=1S/C26H33ClF3N3O5S/c1-5-7-13-31-25(35)23(6-2)32(16-18-9-8-10-20(14-18)38-3)24(34)17-33(39(4,36)37)19-11-12-22(27)21(15-19)26(28,29)30/h8-12,14-15,23H,5-7,13,16-17H2,1-4H3,(H,31,35). The van der Waals surface area contributed by atoms with Crippen LogP contribution in [0.1, 0.15) is 44.2 Å². The van der Waals surface area contributed by atoms with Crippen LogP contribution in [0.4, 0.5) is 18.9 Å². The van der Waals surface area contributed by atoms with Crippen molar-refractivity contribution >= 4 is 39.1 Å². The van der Waals surface area contributed by atoms with E-state index in [1.807, 2.05) is 6.92 Å². The van der Waals surface area contributed by atoms with Crippen molar-refractivity contribution in [2.24, 2.45) is 0 Å². The van der Waals surface area contributed by atoms with E-state index in [0.717, 1.165) is 31.2 Å². The predicted molar refractivity (Wildman–Crippen MR) is 144 cm³/mol. The molecular weight excluding hydrogens is 559 g/mol. The molecule has 2 aromatic carbocycles. The molecule has 0 aromatic heterocycles. The fraction of sp³-hybridized carbons (Fsp3) is 0.462. The molecule has 0 aliphatic heterocycles. The van der Waals surface area contributed by atoms with E-state index >= 15 is 0 Å². The molecule has 0 bridgehead atoms. The number of sulfonamides is 1. The number of amides is 2. The van der Waals surface area contributed by atoms with Gasteiger partial charge in [-0.2, -0.15) is 13.2 Å². The van der Waals surface area contributed by atoms with Crippen molar-refractivity contribution in [1.82, 2.24) is 10.2 Å². The van der Waals surface area contributed by atoms with E-state index in [-0.39, 0.29) is 18.7 Å². The molecule has 0 saturated heterocycles. The molecule has 216 valence electrons. The minimum Gasteiger partial charge on any atom is -0.497 e. The maximum atomic E-state index is 13.7. The molecule has 0 radical (unpaired) electrons. The minimum absolute atomic E-state index is 0.0677. The Morgan fingerprint density at radius 3 is 2.38 bits per heavy atom. The van der Waals surface area contributed by atoms with Crippen LogP contribution in [0.5, 0.6) is 5.75 Å². The summed E-state index contributed by atoms with van der Waals surface area (Å²) in [6.45, 7) is 3.16. The van der Waals surface area contributed by atoms with Crippen LogP contribution in [0.3, 0.4) is 0 Å². The van der Waals surface area contributed by atoms with Gasteiger partial charge in [0, 0.05) is 13.1 Å². The van der Waals surface area contributed by atoms with E-state index in [1.165, 1.54) is 12.0 Å². The summed E-state index contributed by atoms with van der Waals surface area (Å²) in [5, 5.41) is 2.18. The Bertz CT molecular complexity index is 1260. The first kappa shape index (κ1) is 32.2. The largest absolute Gasteiger partial charge is 0.497 e. The van der Waals surface area contributed by atoms with Crippen LogP contribution in [0.15, 0.2) is 42.5 Å². The molecule has 2 aromatic rings. The number of hydrogen-bond acceptors (Lipinski definition) is 5. The summed E-state index contributed by atoms with van der Waals surface area (Å²) in [6.07, 6.45) is -2.28. The third-order valence-electron chi connectivity index (χ3n) is 5.93. The van der Waals surface area contributed by atoms with Gasteiger partial charge in [-0.3, -0.25) is 13.9 Å². The molecule has 1 unspecified atom stereocenters. The minimum atomic E-state index is -4.84. The number of methoxy groups -OCH3 is 1. The lowest BCUT2D eigenvalue weighted by Crippen LogP contribution is -2.52. The van der Waals surface area contributed by atoms with Crippen LogP contribution < -0.4 is 14.4 Å². The van der Waals surface area contributed by atoms with Gasteiger partial charge >= 0.3 is 6.18 Å². The summed E-state index contributed by atoms with van der Waals surface area (Å²) in [6, 6.07) is 8.43. The summed E-state index contributed by atoms with van der Waals surface area (Å²) >= 11 is 5.70. The molecule has 13 heteroatoms. The second-order valence-electron chi connectivity index (χ2n) is 8.87. The molecule has 0 heterocycles. The van der Waals surface area contributed by atoms with E-state index in [9.17, 15) is 31.2 Å². The van der Waals surface area contributed by atoms with E-state index in [2.05, 4.69) is 5.32 Å². The van der Waals surface area contributed by atoms with E-state index in [0.29, 0.717) is 28.2 Å². The number of halogens is 4. The topological polar surface area (TPSA) is 96.0 Å². The van der Waals surface area contributed by atoms with Gasteiger partial charge in [0.15, 0.2) is 0 Å². The second-order valence-corrected chi connectivity index (χ2v) is 11.2. The molecule has 2 rings (SSSR count). The summed E-state index contributed by atoms with van der Waals surface area (Å²) < 4.78 is 71.6. The predicted octanol–water partition coefficient (Wildman–Crippen LogP) is 4.86. The monoisotopic (exact) mass is 591 g/mol. The maximum absolute atomic E-state index is 13.7. The summed E-state index contributed by atoms with van der Waals surface area (Å²) in [5.74, 6) is -0.679. The Balaban J connectivity index is 2.51. The van der Waals surface area contributed by atoms with E-state index in [4.69, 9.17) is 16.3 Å². The van der Waals surface area contributed by atoms with Crippen molar-refractivity contribution in [2.75, 3.05) is 30.8 Å². The maximum Gasteiger partial charge on any atom is 0.417 e. The number of unbranched alkanes of at least 4 members (excludes halogenated alkanes) is 1. The van der Waals surface area contributed by atoms with Crippen LogP contribution in [-0.2, 0) is 32.3 Å². The Hall–Kier alpha value is -2.99. The van der Waals surface area contributed by atoms with Crippen molar-refractivity contribution in [3.63, 3.8) is 0 Å². The van der Waals surface area contributed by atoms with Gasteiger partial charge in [-0.25, -0.2) is 8.42 Å². The fourth-order valence-electron chi connectivity index (χ4n) is 3.89. The van der Waals surface area contributed by atoms with Crippen molar-refractivity contribution < 1.29 is 35.9 Å². The van der Waals surface area contributed by atoms with Gasteiger partial charge in [-0.05, 0) is 48.7 Å². The third kappa shape index (κ3) is 9.03. The Labute approximate surface area is 232 Å². The van der Waals surface area contributed by atoms with E-state index < -0.39 is 51.2 Å². The lowest BCUT2D eigenvalue weighted by Gasteiger charge is -2.33. The smallest absolute Gasteiger partial charge is 0.417 e. The molecule has 0 aliphatic carbocycles. The first-order valence-electron chi connectivity index (χ1n) is 12.3. The van der Waals surface area contributed by atoms with Gasteiger partial charge in [-0.1, -0.05) is 44.0 Å². The number of nitrogens with zero attached hydrogens (tertiary/aromatic N) is 2. The number of ether oxygens (including phenoxy) is 1.